The van der Waals surface area contributed by atoms with Crippen LogP contribution in [0.2, 0.25) is 0 Å². The van der Waals surface area contributed by atoms with Gasteiger partial charge in [0.25, 0.3) is 0 Å². The summed E-state index contributed by atoms with van der Waals surface area (Å²) in [6.45, 7) is 3.67. The van der Waals surface area contributed by atoms with E-state index >= 15 is 0 Å². The van der Waals surface area contributed by atoms with E-state index in [2.05, 4.69) is 20.5 Å². The Labute approximate surface area is 309 Å². The van der Waals surface area contributed by atoms with Gasteiger partial charge in [0.2, 0.25) is 0 Å². The fourth-order valence-electron chi connectivity index (χ4n) is 4.44. The fraction of sp³-hybridized carbons (Fsp3) is 0.0667. The van der Waals surface area contributed by atoms with E-state index in [1.807, 2.05) is 31.2 Å². The maximum absolute atomic E-state index is 12.0. The summed E-state index contributed by atoms with van der Waals surface area (Å²) in [5, 5.41) is 36.0. The minimum absolute atomic E-state index is 0. The van der Waals surface area contributed by atoms with Crippen molar-refractivity contribution in [2.45, 2.75) is 23.6 Å². The van der Waals surface area contributed by atoms with Crippen molar-refractivity contribution in [3.05, 3.63) is 96.1 Å². The van der Waals surface area contributed by atoms with E-state index < -0.39 is 35.8 Å². The molecule has 0 aliphatic rings. The number of rotatable bonds is 7. The Morgan fingerprint density at radius 1 is 0.609 bits per heavy atom. The predicted octanol–water partition coefficient (Wildman–Crippen LogP) is 1.18. The van der Waals surface area contributed by atoms with Crippen LogP contribution in [0.25, 0.3) is 21.9 Å². The Morgan fingerprint density at radius 2 is 1.15 bits per heavy atom. The van der Waals surface area contributed by atoms with Crippen molar-refractivity contribution in [2.75, 3.05) is 0 Å². The zero-order chi connectivity index (χ0) is 31.8. The average molecular weight is 677 g/mol. The van der Waals surface area contributed by atoms with Gasteiger partial charge in [-0.25, -0.2) is 16.8 Å². The summed E-state index contributed by atoms with van der Waals surface area (Å²) >= 11 is 0. The summed E-state index contributed by atoms with van der Waals surface area (Å²) in [6.07, 6.45) is 0. The van der Waals surface area contributed by atoms with Crippen molar-refractivity contribution in [3.8, 4) is 22.6 Å². The molecule has 16 heteroatoms. The molecule has 0 saturated carbocycles. The molecule has 0 bridgehead atoms. The van der Waals surface area contributed by atoms with Gasteiger partial charge in [0.1, 0.15) is 37.4 Å². The first kappa shape index (κ1) is 37.4. The van der Waals surface area contributed by atoms with Crippen molar-refractivity contribution in [1.82, 2.24) is 0 Å². The SMILES string of the molecule is Cc1cc(-c2ccc(N=Nc3c(O)ccc4cc(S(=O)(=O)[O-])cc(S(=O)(=O)[O-])c34)c(C)c2)ccc1N=Nc1ccc(O)cc1.[Na+].[Na+]. The van der Waals surface area contributed by atoms with Crippen LogP contribution in [-0.2, 0) is 20.2 Å². The quantitative estimate of drug-likeness (QED) is 0.145. The fourth-order valence-corrected chi connectivity index (χ4v) is 5.79. The molecule has 5 aromatic rings. The molecule has 0 atom stereocenters. The van der Waals surface area contributed by atoms with E-state index in [4.69, 9.17) is 0 Å². The maximum atomic E-state index is 12.0. The molecule has 224 valence electrons. The summed E-state index contributed by atoms with van der Waals surface area (Å²) in [4.78, 5) is -1.94. The van der Waals surface area contributed by atoms with E-state index in [0.29, 0.717) is 28.7 Å². The zero-order valence-corrected chi connectivity index (χ0v) is 30.7. The molecular formula is C30H22N4Na2O8S2. The summed E-state index contributed by atoms with van der Waals surface area (Å²) in [5.74, 6) is -0.381. The number of hydrogen-bond acceptors (Lipinski definition) is 12. The third-order valence-electron chi connectivity index (χ3n) is 6.67. The topological polar surface area (TPSA) is 204 Å². The first-order valence-corrected chi connectivity index (χ1v) is 15.6. The summed E-state index contributed by atoms with van der Waals surface area (Å²) in [5.41, 5.74) is 4.53. The molecule has 0 unspecified atom stereocenters. The number of phenolic OH excluding ortho intramolecular Hbond substituents is 2. The van der Waals surface area contributed by atoms with Gasteiger partial charge in [-0.2, -0.15) is 15.3 Å². The Balaban J connectivity index is 0.00000288. The van der Waals surface area contributed by atoms with Gasteiger partial charge in [-0.05, 0) is 108 Å². The third-order valence-corrected chi connectivity index (χ3v) is 8.35. The van der Waals surface area contributed by atoms with E-state index in [1.54, 1.807) is 31.2 Å². The van der Waals surface area contributed by atoms with Gasteiger partial charge in [-0.1, -0.05) is 18.2 Å². The first-order valence-electron chi connectivity index (χ1n) is 12.8. The molecule has 5 rings (SSSR count). The molecule has 0 fully saturated rings. The third kappa shape index (κ3) is 8.46. The Hall–Kier alpha value is -3.02. The van der Waals surface area contributed by atoms with Gasteiger partial charge >= 0.3 is 59.1 Å². The minimum Gasteiger partial charge on any atom is -0.744 e. The van der Waals surface area contributed by atoms with Crippen LogP contribution in [-0.4, -0.2) is 36.2 Å². The molecule has 5 aromatic carbocycles. The molecule has 12 nitrogen and oxygen atoms in total. The number of azo groups is 2. The summed E-state index contributed by atoms with van der Waals surface area (Å²) in [6, 6.07) is 20.9. The molecule has 0 heterocycles. The zero-order valence-electron chi connectivity index (χ0n) is 25.0. The van der Waals surface area contributed by atoms with Crippen molar-refractivity contribution in [1.29, 1.82) is 0 Å². The van der Waals surface area contributed by atoms with Gasteiger partial charge in [0.15, 0.2) is 0 Å². The number of aryl methyl sites for hydroxylation is 2. The van der Waals surface area contributed by atoms with E-state index in [-0.39, 0.29) is 81.3 Å². The van der Waals surface area contributed by atoms with Gasteiger partial charge in [0, 0.05) is 5.39 Å². The second kappa shape index (κ2) is 14.8. The average Bonchev–Trinajstić information content (AvgIpc) is 2.96. The number of phenols is 2. The second-order valence-electron chi connectivity index (χ2n) is 9.78. The Bertz CT molecular complexity index is 2230. The molecule has 0 aliphatic heterocycles. The van der Waals surface area contributed by atoms with E-state index in [1.165, 1.54) is 12.1 Å². The second-order valence-corrected chi connectivity index (χ2v) is 12.5. The summed E-state index contributed by atoms with van der Waals surface area (Å²) < 4.78 is 70.7. The molecule has 0 aromatic heterocycles. The molecule has 0 aliphatic carbocycles. The molecule has 0 spiro atoms. The van der Waals surface area contributed by atoms with Crippen LogP contribution >= 0.6 is 0 Å². The normalized spacial score (nSPS) is 11.9. The molecule has 0 amide bonds. The maximum Gasteiger partial charge on any atom is 1.00 e. The monoisotopic (exact) mass is 676 g/mol. The van der Waals surface area contributed by atoms with Gasteiger partial charge in [-0.15, -0.1) is 5.11 Å². The van der Waals surface area contributed by atoms with Crippen LogP contribution in [0.3, 0.4) is 0 Å². The van der Waals surface area contributed by atoms with Crippen LogP contribution in [0.1, 0.15) is 11.1 Å². The van der Waals surface area contributed by atoms with Crippen LogP contribution in [0.4, 0.5) is 22.7 Å². The molecular weight excluding hydrogens is 654 g/mol. The number of aromatic hydroxyl groups is 2. The smallest absolute Gasteiger partial charge is 0.744 e. The van der Waals surface area contributed by atoms with Crippen molar-refractivity contribution in [3.63, 3.8) is 0 Å². The first-order chi connectivity index (χ1) is 20.7. The van der Waals surface area contributed by atoms with Gasteiger partial charge in [-0.3, -0.25) is 0 Å². The number of benzene rings is 5. The minimum atomic E-state index is -5.29. The van der Waals surface area contributed by atoms with E-state index in [9.17, 15) is 36.2 Å². The van der Waals surface area contributed by atoms with Crippen molar-refractivity contribution in [2.24, 2.45) is 20.5 Å². The summed E-state index contributed by atoms with van der Waals surface area (Å²) in [7, 11) is -10.4. The standard InChI is InChI=1S/C30H24N4O8S2.2Na/c1-17-13-19(3-10-25(17)32-31-22-6-8-23(35)9-7-22)20-4-11-26(18(2)14-20)33-34-30-27(36)12-5-21-15-24(43(37,38)39)16-28(29(21)30)44(40,41)42;;/h3-16,35-36H,1-2H3,(H,37,38,39)(H,40,41,42);;/q;2*+1/p-2. The van der Waals surface area contributed by atoms with E-state index in [0.717, 1.165) is 34.9 Å². The number of nitrogens with zero attached hydrogens (tertiary/aromatic N) is 4. The van der Waals surface area contributed by atoms with Gasteiger partial charge in [0.05, 0.1) is 26.9 Å². The van der Waals surface area contributed by atoms with Gasteiger partial charge < -0.3 is 19.3 Å². The number of hydrogen-bond donors (Lipinski definition) is 2. The van der Waals surface area contributed by atoms with Crippen LogP contribution in [0.5, 0.6) is 11.5 Å². The van der Waals surface area contributed by atoms with Crippen LogP contribution in [0.15, 0.2) is 115 Å². The molecule has 0 radical (unpaired) electrons. The Morgan fingerprint density at radius 3 is 1.65 bits per heavy atom. The molecule has 46 heavy (non-hydrogen) atoms. The Kier molecular flexibility index (Phi) is 12.1. The molecule has 2 N–H and O–H groups in total. The predicted molar refractivity (Wildman–Crippen MR) is 159 cm³/mol. The van der Waals surface area contributed by atoms with Crippen molar-refractivity contribution >= 4 is 53.8 Å². The molecule has 0 saturated heterocycles. The number of fused-ring (bicyclic) bond motifs is 1. The largest absolute Gasteiger partial charge is 1.00 e. The van der Waals surface area contributed by atoms with Crippen molar-refractivity contribution < 1.29 is 95.3 Å². The van der Waals surface area contributed by atoms with Crippen LogP contribution in [0, 0.1) is 13.8 Å². The van der Waals surface area contributed by atoms with Crippen LogP contribution < -0.4 is 59.1 Å².